The van der Waals surface area contributed by atoms with E-state index >= 15 is 0 Å². The molecule has 0 atom stereocenters. The van der Waals surface area contributed by atoms with Crippen LogP contribution < -0.4 is 0 Å². The zero-order chi connectivity index (χ0) is 26.9. The Morgan fingerprint density at radius 1 is 0.366 bits per heavy atom. The Balaban J connectivity index is 1.48. The molecule has 1 heterocycles. The molecule has 1 aromatic heterocycles. The summed E-state index contributed by atoms with van der Waals surface area (Å²) in [5.74, 6) is 0. The highest BCUT2D eigenvalue weighted by Gasteiger charge is 2.20. The van der Waals surface area contributed by atoms with E-state index in [-0.39, 0.29) is 0 Å². The quantitative estimate of drug-likeness (QED) is 0.163. The summed E-state index contributed by atoms with van der Waals surface area (Å²) in [4.78, 5) is 0. The molecule has 1 nitrogen and oxygen atoms in total. The Kier molecular flexibility index (Phi) is 4.67. The lowest BCUT2D eigenvalue weighted by Gasteiger charge is -2.15. The van der Waals surface area contributed by atoms with Crippen molar-refractivity contribution in [2.75, 3.05) is 0 Å². The molecule has 0 saturated heterocycles. The molecule has 8 aromatic carbocycles. The second kappa shape index (κ2) is 8.55. The van der Waals surface area contributed by atoms with Gasteiger partial charge in [0.25, 0.3) is 0 Å². The number of benzene rings is 8. The fraction of sp³-hybridized carbons (Fsp3) is 0. The van der Waals surface area contributed by atoms with E-state index < -0.39 is 0 Å². The Morgan fingerprint density at radius 2 is 1.07 bits per heavy atom. The SMILES string of the molecule is c1ccc(-c2cc3c(oc4cccc(-c5c6ccccc6cc6c5ccc5ccccc56)c43)c3ccccc23)cc1. The first kappa shape index (κ1) is 22.4. The van der Waals surface area contributed by atoms with Crippen molar-refractivity contribution in [3.8, 4) is 22.3 Å². The van der Waals surface area contributed by atoms with E-state index in [4.69, 9.17) is 4.42 Å². The molecule has 41 heavy (non-hydrogen) atoms. The minimum absolute atomic E-state index is 0.912. The van der Waals surface area contributed by atoms with Crippen LogP contribution in [-0.2, 0) is 0 Å². The molecule has 0 saturated carbocycles. The maximum atomic E-state index is 6.71. The summed E-state index contributed by atoms with van der Waals surface area (Å²) in [6.07, 6.45) is 0. The highest BCUT2D eigenvalue weighted by molar-refractivity contribution is 6.27. The topological polar surface area (TPSA) is 13.1 Å². The third kappa shape index (κ3) is 3.24. The van der Waals surface area contributed by atoms with Gasteiger partial charge in [-0.2, -0.15) is 0 Å². The second-order valence-corrected chi connectivity index (χ2v) is 10.8. The lowest BCUT2D eigenvalue weighted by atomic mass is 9.87. The number of rotatable bonds is 2. The fourth-order valence-electron chi connectivity index (χ4n) is 6.82. The molecule has 190 valence electrons. The van der Waals surface area contributed by atoms with Gasteiger partial charge in [0.1, 0.15) is 11.2 Å². The van der Waals surface area contributed by atoms with Crippen LogP contribution in [0.4, 0.5) is 0 Å². The van der Waals surface area contributed by atoms with Gasteiger partial charge >= 0.3 is 0 Å². The lowest BCUT2D eigenvalue weighted by molar-refractivity contribution is 0.673. The minimum atomic E-state index is 0.912. The molecule has 0 unspecified atom stereocenters. The average Bonchev–Trinajstić information content (AvgIpc) is 3.43. The number of hydrogen-bond acceptors (Lipinski definition) is 1. The molecule has 0 spiro atoms. The van der Waals surface area contributed by atoms with Crippen molar-refractivity contribution in [3.05, 3.63) is 146 Å². The maximum Gasteiger partial charge on any atom is 0.143 e. The van der Waals surface area contributed by atoms with Crippen molar-refractivity contribution in [3.63, 3.8) is 0 Å². The van der Waals surface area contributed by atoms with E-state index in [9.17, 15) is 0 Å². The molecule has 9 aromatic rings. The molecule has 0 radical (unpaired) electrons. The Morgan fingerprint density at radius 3 is 1.93 bits per heavy atom. The first-order valence-corrected chi connectivity index (χ1v) is 14.1. The standard InChI is InChI=1S/C40H24O/c1-2-11-25(12-3-1)34-24-36-39-33(19-10-20-37(39)41-40(36)32-18-9-8-17-30(32)34)38-29-16-7-5-14-27(29)23-35-28-15-6-4-13-26(28)21-22-31(35)38/h1-24H. The maximum absolute atomic E-state index is 6.71. The summed E-state index contributed by atoms with van der Waals surface area (Å²) in [5.41, 5.74) is 6.74. The van der Waals surface area contributed by atoms with Crippen molar-refractivity contribution in [1.82, 2.24) is 0 Å². The normalized spacial score (nSPS) is 11.9. The average molecular weight is 521 g/mol. The molecule has 0 aliphatic rings. The van der Waals surface area contributed by atoms with E-state index in [0.29, 0.717) is 0 Å². The van der Waals surface area contributed by atoms with Crippen LogP contribution in [0.3, 0.4) is 0 Å². The number of furan rings is 1. The number of fused-ring (bicyclic) bond motifs is 9. The Bertz CT molecular complexity index is 2460. The first-order valence-electron chi connectivity index (χ1n) is 14.1. The van der Waals surface area contributed by atoms with Crippen LogP contribution in [0.5, 0.6) is 0 Å². The predicted molar refractivity (Wildman–Crippen MR) is 175 cm³/mol. The van der Waals surface area contributed by atoms with Gasteiger partial charge in [-0.3, -0.25) is 0 Å². The van der Waals surface area contributed by atoms with Gasteiger partial charge in [-0.15, -0.1) is 0 Å². The van der Waals surface area contributed by atoms with Gasteiger partial charge in [0, 0.05) is 16.2 Å². The van der Waals surface area contributed by atoms with Crippen LogP contribution >= 0.6 is 0 Å². The largest absolute Gasteiger partial charge is 0.455 e. The summed E-state index contributed by atoms with van der Waals surface area (Å²) >= 11 is 0. The minimum Gasteiger partial charge on any atom is -0.455 e. The third-order valence-electron chi connectivity index (χ3n) is 8.63. The van der Waals surface area contributed by atoms with Crippen LogP contribution in [0.15, 0.2) is 150 Å². The zero-order valence-corrected chi connectivity index (χ0v) is 22.3. The van der Waals surface area contributed by atoms with Crippen molar-refractivity contribution in [1.29, 1.82) is 0 Å². The van der Waals surface area contributed by atoms with Crippen LogP contribution in [0.2, 0.25) is 0 Å². The molecule has 0 aliphatic carbocycles. The molecule has 0 bridgehead atoms. The molecule has 9 rings (SSSR count). The van der Waals surface area contributed by atoms with Crippen LogP contribution in [-0.4, -0.2) is 0 Å². The molecular weight excluding hydrogens is 496 g/mol. The van der Waals surface area contributed by atoms with E-state index in [1.54, 1.807) is 0 Å². The highest BCUT2D eigenvalue weighted by atomic mass is 16.3. The monoisotopic (exact) mass is 520 g/mol. The second-order valence-electron chi connectivity index (χ2n) is 10.8. The molecule has 1 heteroatoms. The summed E-state index contributed by atoms with van der Waals surface area (Å²) in [7, 11) is 0. The molecular formula is C40H24O. The smallest absolute Gasteiger partial charge is 0.143 e. The van der Waals surface area contributed by atoms with Gasteiger partial charge in [-0.1, -0.05) is 127 Å². The van der Waals surface area contributed by atoms with Crippen LogP contribution in [0, 0.1) is 0 Å². The predicted octanol–water partition coefficient (Wildman–Crippen LogP) is 11.5. The zero-order valence-electron chi connectivity index (χ0n) is 22.3. The van der Waals surface area contributed by atoms with Crippen molar-refractivity contribution in [2.24, 2.45) is 0 Å². The van der Waals surface area contributed by atoms with Gasteiger partial charge in [0.2, 0.25) is 0 Å². The Labute approximate surface area is 236 Å². The van der Waals surface area contributed by atoms with Crippen LogP contribution in [0.1, 0.15) is 0 Å². The van der Waals surface area contributed by atoms with Crippen molar-refractivity contribution in [2.45, 2.75) is 0 Å². The van der Waals surface area contributed by atoms with Crippen LogP contribution in [0.25, 0.3) is 87.3 Å². The van der Waals surface area contributed by atoms with E-state index in [1.807, 2.05) is 0 Å². The van der Waals surface area contributed by atoms with Gasteiger partial charge in [-0.05, 0) is 78.2 Å². The lowest BCUT2D eigenvalue weighted by Crippen LogP contribution is -1.88. The molecule has 0 aliphatic heterocycles. The van der Waals surface area contributed by atoms with Gasteiger partial charge in [0.05, 0.1) is 0 Å². The molecule has 0 fully saturated rings. The van der Waals surface area contributed by atoms with E-state index in [2.05, 4.69) is 146 Å². The van der Waals surface area contributed by atoms with Gasteiger partial charge < -0.3 is 4.42 Å². The van der Waals surface area contributed by atoms with Gasteiger partial charge in [-0.25, -0.2) is 0 Å². The summed E-state index contributed by atoms with van der Waals surface area (Å²) in [5, 5.41) is 12.2. The fourth-order valence-corrected chi connectivity index (χ4v) is 6.82. The highest BCUT2D eigenvalue weighted by Crippen LogP contribution is 2.46. The number of hydrogen-bond donors (Lipinski definition) is 0. The van der Waals surface area contributed by atoms with E-state index in [1.165, 1.54) is 60.0 Å². The summed E-state index contributed by atoms with van der Waals surface area (Å²) < 4.78 is 6.71. The first-order chi connectivity index (χ1) is 20.3. The summed E-state index contributed by atoms with van der Waals surface area (Å²) in [6.45, 7) is 0. The van der Waals surface area contributed by atoms with E-state index in [0.717, 1.165) is 27.3 Å². The Hall–Kier alpha value is -5.40. The van der Waals surface area contributed by atoms with Crippen molar-refractivity contribution >= 4 is 65.0 Å². The molecule has 0 N–H and O–H groups in total. The summed E-state index contributed by atoms with van der Waals surface area (Å²) in [6, 6.07) is 52.5. The molecule has 0 amide bonds. The van der Waals surface area contributed by atoms with Gasteiger partial charge in [0.15, 0.2) is 0 Å². The third-order valence-corrected chi connectivity index (χ3v) is 8.63. The van der Waals surface area contributed by atoms with Crippen molar-refractivity contribution < 1.29 is 4.42 Å².